The first kappa shape index (κ1) is 23.1. The summed E-state index contributed by atoms with van der Waals surface area (Å²) in [5.41, 5.74) is 4.19. The summed E-state index contributed by atoms with van der Waals surface area (Å²) in [6, 6.07) is 14.4. The molecule has 0 N–H and O–H groups in total. The van der Waals surface area contributed by atoms with Gasteiger partial charge in [0.05, 0.1) is 17.6 Å². The number of amides is 1. The molecule has 1 atom stereocenters. The first-order valence-corrected chi connectivity index (χ1v) is 10.7. The maximum atomic E-state index is 12.7. The van der Waals surface area contributed by atoms with Crippen LogP contribution >= 0.6 is 12.4 Å². The van der Waals surface area contributed by atoms with Gasteiger partial charge in [0.2, 0.25) is 5.91 Å². The zero-order valence-electron chi connectivity index (χ0n) is 19.0. The summed E-state index contributed by atoms with van der Waals surface area (Å²) in [5, 5.41) is 0. The lowest BCUT2D eigenvalue weighted by Gasteiger charge is -2.32. The van der Waals surface area contributed by atoms with E-state index < -0.39 is 0 Å². The molecule has 1 amide bonds. The smallest absolute Gasteiger partial charge is 0.223 e. The molecule has 0 spiro atoms. The highest BCUT2D eigenvalue weighted by molar-refractivity contribution is 5.85. The van der Waals surface area contributed by atoms with Crippen LogP contribution in [0.1, 0.15) is 50.1 Å². The molecule has 1 aliphatic rings. The molecule has 1 aromatic heterocycles. The minimum Gasteiger partial charge on any atom is -0.491 e. The second-order valence-corrected chi connectivity index (χ2v) is 9.26. The van der Waals surface area contributed by atoms with Gasteiger partial charge in [0.25, 0.3) is 0 Å². The van der Waals surface area contributed by atoms with E-state index in [1.54, 1.807) is 0 Å². The van der Waals surface area contributed by atoms with Crippen LogP contribution in [0.3, 0.4) is 0 Å². The first-order chi connectivity index (χ1) is 14.3. The Balaban J connectivity index is 0.00000272. The predicted octanol–water partition coefficient (Wildman–Crippen LogP) is 5.27. The van der Waals surface area contributed by atoms with Gasteiger partial charge in [0, 0.05) is 24.4 Å². The van der Waals surface area contributed by atoms with Crippen molar-refractivity contribution in [2.75, 3.05) is 13.2 Å². The molecule has 2 aromatic carbocycles. The second kappa shape index (κ2) is 8.91. The normalized spacial score (nSPS) is 16.6. The molecule has 0 bridgehead atoms. The zero-order chi connectivity index (χ0) is 21.5. The number of hydrogen-bond donors (Lipinski definition) is 0. The molecule has 3 aromatic rings. The summed E-state index contributed by atoms with van der Waals surface area (Å²) in [7, 11) is 0. The fourth-order valence-corrected chi connectivity index (χ4v) is 4.44. The van der Waals surface area contributed by atoms with E-state index in [1.807, 2.05) is 23.1 Å². The number of nitrogens with zero attached hydrogens (tertiary/aromatic N) is 3. The van der Waals surface area contributed by atoms with Crippen LogP contribution in [0.15, 0.2) is 42.5 Å². The summed E-state index contributed by atoms with van der Waals surface area (Å²) < 4.78 is 8.42. The van der Waals surface area contributed by atoms with Crippen molar-refractivity contribution in [3.05, 3.63) is 59.4 Å². The van der Waals surface area contributed by atoms with E-state index in [0.717, 1.165) is 33.7 Å². The SMILES string of the molecule is Cc1cccc(C)c1OCCn1c(C2CC(=O)N(C(C)(C)C)C2)nc2ccccc21.Cl. The quantitative estimate of drug-likeness (QED) is 0.542. The Morgan fingerprint density at radius 1 is 1.06 bits per heavy atom. The van der Waals surface area contributed by atoms with Crippen LogP contribution in [0, 0.1) is 13.8 Å². The largest absolute Gasteiger partial charge is 0.491 e. The van der Waals surface area contributed by atoms with Gasteiger partial charge in [-0.3, -0.25) is 4.79 Å². The van der Waals surface area contributed by atoms with Crippen LogP contribution in [0.25, 0.3) is 11.0 Å². The number of fused-ring (bicyclic) bond motifs is 1. The van der Waals surface area contributed by atoms with Gasteiger partial charge in [0.1, 0.15) is 18.2 Å². The zero-order valence-corrected chi connectivity index (χ0v) is 19.8. The molecule has 1 unspecified atom stereocenters. The molecule has 2 heterocycles. The summed E-state index contributed by atoms with van der Waals surface area (Å²) in [4.78, 5) is 19.6. The first-order valence-electron chi connectivity index (χ1n) is 10.7. The Kier molecular flexibility index (Phi) is 6.65. The minimum absolute atomic E-state index is 0. The number of hydrogen-bond acceptors (Lipinski definition) is 3. The fraction of sp³-hybridized carbons (Fsp3) is 0.440. The van der Waals surface area contributed by atoms with Crippen molar-refractivity contribution in [3.63, 3.8) is 0 Å². The number of aryl methyl sites for hydroxylation is 2. The number of rotatable bonds is 5. The van der Waals surface area contributed by atoms with E-state index in [0.29, 0.717) is 26.1 Å². The van der Waals surface area contributed by atoms with Crippen LogP contribution in [0.5, 0.6) is 5.75 Å². The third-order valence-electron chi connectivity index (χ3n) is 5.95. The van der Waals surface area contributed by atoms with E-state index in [9.17, 15) is 4.79 Å². The van der Waals surface area contributed by atoms with Gasteiger partial charge in [-0.2, -0.15) is 0 Å². The number of halogens is 1. The Bertz CT molecular complexity index is 1060. The summed E-state index contributed by atoms with van der Waals surface area (Å²) in [6.45, 7) is 12.4. The number of likely N-dealkylation sites (tertiary alicyclic amines) is 1. The van der Waals surface area contributed by atoms with Gasteiger partial charge < -0.3 is 14.2 Å². The maximum Gasteiger partial charge on any atom is 0.223 e. The average molecular weight is 442 g/mol. The molecular formula is C25H32ClN3O2. The van der Waals surface area contributed by atoms with Crippen molar-refractivity contribution < 1.29 is 9.53 Å². The maximum absolute atomic E-state index is 12.7. The molecule has 0 radical (unpaired) electrons. The van der Waals surface area contributed by atoms with Crippen LogP contribution in [0.4, 0.5) is 0 Å². The van der Waals surface area contributed by atoms with Crippen molar-refractivity contribution in [2.24, 2.45) is 0 Å². The average Bonchev–Trinajstić information content (AvgIpc) is 3.25. The van der Waals surface area contributed by atoms with Gasteiger partial charge >= 0.3 is 0 Å². The molecule has 6 heteroatoms. The number of carbonyl (C=O) groups is 1. The highest BCUT2D eigenvalue weighted by Gasteiger charge is 2.38. The monoisotopic (exact) mass is 441 g/mol. The van der Waals surface area contributed by atoms with E-state index in [2.05, 4.69) is 63.5 Å². The van der Waals surface area contributed by atoms with Gasteiger partial charge in [-0.05, 0) is 57.9 Å². The number of imidazole rings is 1. The van der Waals surface area contributed by atoms with Crippen molar-refractivity contribution in [1.29, 1.82) is 0 Å². The topological polar surface area (TPSA) is 47.4 Å². The van der Waals surface area contributed by atoms with Crippen molar-refractivity contribution in [2.45, 2.75) is 59.0 Å². The lowest BCUT2D eigenvalue weighted by Crippen LogP contribution is -2.42. The van der Waals surface area contributed by atoms with E-state index in [1.165, 1.54) is 0 Å². The second-order valence-electron chi connectivity index (χ2n) is 9.26. The van der Waals surface area contributed by atoms with Crippen LogP contribution in [-0.2, 0) is 11.3 Å². The third-order valence-corrected chi connectivity index (χ3v) is 5.95. The molecule has 5 nitrogen and oxygen atoms in total. The number of aromatic nitrogens is 2. The number of ether oxygens (including phenoxy) is 1. The third kappa shape index (κ3) is 4.57. The molecule has 1 saturated heterocycles. The van der Waals surface area contributed by atoms with Crippen molar-refractivity contribution >= 4 is 29.3 Å². The summed E-state index contributed by atoms with van der Waals surface area (Å²) in [6.07, 6.45) is 0.512. The minimum atomic E-state index is -0.172. The number of carbonyl (C=O) groups excluding carboxylic acids is 1. The summed E-state index contributed by atoms with van der Waals surface area (Å²) in [5.74, 6) is 2.25. The number of para-hydroxylation sites is 3. The Morgan fingerprint density at radius 3 is 2.39 bits per heavy atom. The van der Waals surface area contributed by atoms with Crippen LogP contribution in [-0.4, -0.2) is 39.0 Å². The molecule has 0 aliphatic carbocycles. The van der Waals surface area contributed by atoms with Gasteiger partial charge in [0.15, 0.2) is 0 Å². The van der Waals surface area contributed by atoms with Crippen LogP contribution in [0.2, 0.25) is 0 Å². The molecule has 166 valence electrons. The Morgan fingerprint density at radius 2 is 1.74 bits per heavy atom. The molecule has 0 saturated carbocycles. The molecule has 4 rings (SSSR count). The highest BCUT2D eigenvalue weighted by atomic mass is 35.5. The van der Waals surface area contributed by atoms with Gasteiger partial charge in [-0.25, -0.2) is 4.98 Å². The predicted molar refractivity (Wildman–Crippen MR) is 127 cm³/mol. The lowest BCUT2D eigenvalue weighted by molar-refractivity contribution is -0.131. The van der Waals surface area contributed by atoms with Crippen molar-refractivity contribution in [1.82, 2.24) is 14.5 Å². The standard InChI is InChI=1S/C25H31N3O2.ClH/c1-17-9-8-10-18(2)23(17)30-14-13-27-21-12-7-6-11-20(21)26-24(27)19-15-22(29)28(16-19)25(3,4)5;/h6-12,19H,13-16H2,1-5H3;1H. The van der Waals surface area contributed by atoms with E-state index in [4.69, 9.17) is 9.72 Å². The van der Waals surface area contributed by atoms with E-state index in [-0.39, 0.29) is 29.8 Å². The Labute approximate surface area is 190 Å². The van der Waals surface area contributed by atoms with Gasteiger partial charge in [-0.15, -0.1) is 12.4 Å². The van der Waals surface area contributed by atoms with Crippen molar-refractivity contribution in [3.8, 4) is 5.75 Å². The molecule has 1 fully saturated rings. The van der Waals surface area contributed by atoms with Gasteiger partial charge in [-0.1, -0.05) is 30.3 Å². The van der Waals surface area contributed by atoms with E-state index >= 15 is 0 Å². The molecular weight excluding hydrogens is 410 g/mol. The Hall–Kier alpha value is -2.53. The lowest BCUT2D eigenvalue weighted by atomic mass is 10.1. The fourth-order valence-electron chi connectivity index (χ4n) is 4.44. The highest BCUT2D eigenvalue weighted by Crippen LogP contribution is 2.34. The molecule has 31 heavy (non-hydrogen) atoms. The number of benzene rings is 2. The molecule has 1 aliphatic heterocycles. The summed E-state index contributed by atoms with van der Waals surface area (Å²) >= 11 is 0. The van der Waals surface area contributed by atoms with Crippen LogP contribution < -0.4 is 4.74 Å².